The number of fused-ring (bicyclic) bond motifs is 1. The molecule has 0 saturated heterocycles. The largest absolute Gasteiger partial charge is 0.444 e. The fourth-order valence-corrected chi connectivity index (χ4v) is 3.37. The number of rotatable bonds is 5. The standard InChI is InChI=1S/C21H27FN4O3/c1-21(2,3)29-20(28)25-17-6-4-5-15-12-24-26(19(15)17)13-18(27)23-11-14-7-9-16(22)10-8-14/h7-10,12,17H,4-6,11,13H2,1-3H3,(H,23,27)(H,25,28). The first kappa shape index (κ1) is 20.8. The lowest BCUT2D eigenvalue weighted by atomic mass is 9.93. The van der Waals surface area contributed by atoms with E-state index in [1.54, 1.807) is 23.0 Å². The van der Waals surface area contributed by atoms with Crippen LogP contribution in [0.5, 0.6) is 0 Å². The Morgan fingerprint density at radius 1 is 1.28 bits per heavy atom. The lowest BCUT2D eigenvalue weighted by Crippen LogP contribution is -2.37. The number of carbonyl (C=O) groups excluding carboxylic acids is 2. The highest BCUT2D eigenvalue weighted by molar-refractivity contribution is 5.75. The number of benzene rings is 1. The Labute approximate surface area is 169 Å². The van der Waals surface area contributed by atoms with Gasteiger partial charge in [0.15, 0.2) is 0 Å². The summed E-state index contributed by atoms with van der Waals surface area (Å²) in [4.78, 5) is 24.6. The Hall–Kier alpha value is -2.90. The Balaban J connectivity index is 1.63. The predicted molar refractivity (Wildman–Crippen MR) is 106 cm³/mol. The number of hydrogen-bond acceptors (Lipinski definition) is 4. The van der Waals surface area contributed by atoms with Gasteiger partial charge >= 0.3 is 6.09 Å². The molecule has 0 aliphatic heterocycles. The van der Waals surface area contributed by atoms with Crippen LogP contribution in [-0.4, -0.2) is 27.4 Å². The van der Waals surface area contributed by atoms with E-state index in [0.29, 0.717) is 6.54 Å². The summed E-state index contributed by atoms with van der Waals surface area (Å²) in [6, 6.07) is 5.73. The number of carbonyl (C=O) groups is 2. The summed E-state index contributed by atoms with van der Waals surface area (Å²) < 4.78 is 20.0. The van der Waals surface area contributed by atoms with E-state index in [9.17, 15) is 14.0 Å². The van der Waals surface area contributed by atoms with Crippen molar-refractivity contribution in [3.05, 3.63) is 53.1 Å². The number of nitrogens with one attached hydrogen (secondary N) is 2. The monoisotopic (exact) mass is 402 g/mol. The van der Waals surface area contributed by atoms with Crippen LogP contribution in [0.4, 0.5) is 9.18 Å². The van der Waals surface area contributed by atoms with E-state index in [0.717, 1.165) is 36.1 Å². The van der Waals surface area contributed by atoms with E-state index in [2.05, 4.69) is 15.7 Å². The summed E-state index contributed by atoms with van der Waals surface area (Å²) in [7, 11) is 0. The number of aromatic nitrogens is 2. The minimum absolute atomic E-state index is 0.0447. The summed E-state index contributed by atoms with van der Waals surface area (Å²) >= 11 is 0. The smallest absolute Gasteiger partial charge is 0.408 e. The van der Waals surface area contributed by atoms with Crippen LogP contribution in [0.1, 0.15) is 56.5 Å². The van der Waals surface area contributed by atoms with Crippen molar-refractivity contribution in [2.24, 2.45) is 0 Å². The number of halogens is 1. The van der Waals surface area contributed by atoms with Crippen LogP contribution in [0.3, 0.4) is 0 Å². The molecule has 3 rings (SSSR count). The topological polar surface area (TPSA) is 85.2 Å². The van der Waals surface area contributed by atoms with E-state index in [1.807, 2.05) is 20.8 Å². The molecule has 1 atom stereocenters. The number of ether oxygens (including phenoxy) is 1. The van der Waals surface area contributed by atoms with Crippen molar-refractivity contribution in [3.8, 4) is 0 Å². The summed E-state index contributed by atoms with van der Waals surface area (Å²) in [5.74, 6) is -0.520. The number of aryl methyl sites for hydroxylation is 1. The van der Waals surface area contributed by atoms with Gasteiger partial charge in [-0.25, -0.2) is 9.18 Å². The molecule has 1 aromatic carbocycles. The first-order valence-electron chi connectivity index (χ1n) is 9.76. The molecule has 1 aromatic heterocycles. The fourth-order valence-electron chi connectivity index (χ4n) is 3.37. The summed E-state index contributed by atoms with van der Waals surface area (Å²) in [6.45, 7) is 5.79. The molecule has 29 heavy (non-hydrogen) atoms. The van der Waals surface area contributed by atoms with Crippen LogP contribution in [0, 0.1) is 5.82 Å². The maximum atomic E-state index is 13.0. The first-order chi connectivity index (χ1) is 13.7. The van der Waals surface area contributed by atoms with Crippen molar-refractivity contribution >= 4 is 12.0 Å². The van der Waals surface area contributed by atoms with E-state index in [1.165, 1.54) is 12.1 Å². The Morgan fingerprint density at radius 3 is 2.69 bits per heavy atom. The normalized spacial score (nSPS) is 16.1. The van der Waals surface area contributed by atoms with Crippen molar-refractivity contribution < 1.29 is 18.7 Å². The molecule has 1 aliphatic rings. The summed E-state index contributed by atoms with van der Waals surface area (Å²) in [6.07, 6.45) is 3.82. The molecule has 0 radical (unpaired) electrons. The van der Waals surface area contributed by atoms with Crippen LogP contribution in [-0.2, 0) is 29.0 Å². The zero-order valence-corrected chi connectivity index (χ0v) is 17.0. The highest BCUT2D eigenvalue weighted by atomic mass is 19.1. The third-order valence-corrected chi connectivity index (χ3v) is 4.62. The average molecular weight is 402 g/mol. The fraction of sp³-hybridized carbons (Fsp3) is 0.476. The molecule has 8 heteroatoms. The molecule has 2 aromatic rings. The van der Waals surface area contributed by atoms with E-state index in [-0.39, 0.29) is 24.3 Å². The second kappa shape index (κ2) is 8.63. The van der Waals surface area contributed by atoms with Gasteiger partial charge in [-0.1, -0.05) is 12.1 Å². The molecule has 0 fully saturated rings. The number of nitrogens with zero attached hydrogens (tertiary/aromatic N) is 2. The van der Waals surface area contributed by atoms with Gasteiger partial charge in [-0.2, -0.15) is 5.10 Å². The van der Waals surface area contributed by atoms with E-state index >= 15 is 0 Å². The zero-order valence-electron chi connectivity index (χ0n) is 17.0. The number of hydrogen-bond donors (Lipinski definition) is 2. The third kappa shape index (κ3) is 5.79. The first-order valence-corrected chi connectivity index (χ1v) is 9.76. The van der Waals surface area contributed by atoms with Crippen LogP contribution >= 0.6 is 0 Å². The molecule has 0 saturated carbocycles. The van der Waals surface area contributed by atoms with E-state index < -0.39 is 11.7 Å². The van der Waals surface area contributed by atoms with Gasteiger partial charge in [-0.3, -0.25) is 9.48 Å². The predicted octanol–water partition coefficient (Wildman–Crippen LogP) is 3.24. The van der Waals surface area contributed by atoms with Crippen molar-refractivity contribution in [1.29, 1.82) is 0 Å². The lowest BCUT2D eigenvalue weighted by molar-refractivity contribution is -0.122. The molecule has 156 valence electrons. The number of amides is 2. The van der Waals surface area contributed by atoms with Gasteiger partial charge in [-0.05, 0) is 63.3 Å². The molecule has 1 unspecified atom stereocenters. The average Bonchev–Trinajstić information content (AvgIpc) is 3.03. The van der Waals surface area contributed by atoms with Crippen molar-refractivity contribution in [3.63, 3.8) is 0 Å². The van der Waals surface area contributed by atoms with Crippen LogP contribution in [0.15, 0.2) is 30.5 Å². The second-order valence-corrected chi connectivity index (χ2v) is 8.21. The minimum atomic E-state index is -0.581. The molecule has 1 aliphatic carbocycles. The molecule has 0 bridgehead atoms. The zero-order chi connectivity index (χ0) is 21.0. The van der Waals surface area contributed by atoms with E-state index in [4.69, 9.17) is 4.74 Å². The lowest BCUT2D eigenvalue weighted by Gasteiger charge is -2.27. The molecular formula is C21H27FN4O3. The molecular weight excluding hydrogens is 375 g/mol. The maximum absolute atomic E-state index is 13.0. The highest BCUT2D eigenvalue weighted by Gasteiger charge is 2.28. The molecule has 0 spiro atoms. The van der Waals surface area contributed by atoms with Crippen molar-refractivity contribution in [2.75, 3.05) is 0 Å². The van der Waals surface area contributed by atoms with Gasteiger partial charge in [0.05, 0.1) is 17.9 Å². The molecule has 7 nitrogen and oxygen atoms in total. The van der Waals surface area contributed by atoms with Crippen molar-refractivity contribution in [1.82, 2.24) is 20.4 Å². The quantitative estimate of drug-likeness (QED) is 0.804. The van der Waals surface area contributed by atoms with Gasteiger partial charge in [0.2, 0.25) is 5.91 Å². The van der Waals surface area contributed by atoms with Crippen LogP contribution in [0.2, 0.25) is 0 Å². The Bertz CT molecular complexity index is 871. The van der Waals surface area contributed by atoms with Gasteiger partial charge in [0.1, 0.15) is 18.0 Å². The maximum Gasteiger partial charge on any atom is 0.408 e. The van der Waals surface area contributed by atoms with Crippen molar-refractivity contribution in [2.45, 2.75) is 64.8 Å². The molecule has 2 amide bonds. The van der Waals surface area contributed by atoms with Gasteiger partial charge in [0, 0.05) is 6.54 Å². The highest BCUT2D eigenvalue weighted by Crippen LogP contribution is 2.30. The Morgan fingerprint density at radius 2 is 2.00 bits per heavy atom. The third-order valence-electron chi connectivity index (χ3n) is 4.62. The second-order valence-electron chi connectivity index (χ2n) is 8.21. The van der Waals surface area contributed by atoms with Gasteiger partial charge in [-0.15, -0.1) is 0 Å². The SMILES string of the molecule is CC(C)(C)OC(=O)NC1CCCc2cnn(CC(=O)NCc3ccc(F)cc3)c21. The van der Waals surface area contributed by atoms with Gasteiger partial charge in [0.25, 0.3) is 0 Å². The van der Waals surface area contributed by atoms with Gasteiger partial charge < -0.3 is 15.4 Å². The number of alkyl carbamates (subject to hydrolysis) is 1. The van der Waals surface area contributed by atoms with Crippen LogP contribution < -0.4 is 10.6 Å². The Kier molecular flexibility index (Phi) is 6.20. The molecule has 1 heterocycles. The van der Waals surface area contributed by atoms with Crippen LogP contribution in [0.25, 0.3) is 0 Å². The minimum Gasteiger partial charge on any atom is -0.444 e. The summed E-state index contributed by atoms with van der Waals surface area (Å²) in [5.41, 5.74) is 2.11. The summed E-state index contributed by atoms with van der Waals surface area (Å²) in [5, 5.41) is 10.1. The molecule has 2 N–H and O–H groups in total.